The Balaban J connectivity index is 0.00000176. The molecule has 7 nitrogen and oxygen atoms in total. The Morgan fingerprint density at radius 1 is 1.32 bits per heavy atom. The van der Waals surface area contributed by atoms with E-state index in [1.807, 2.05) is 12.3 Å². The number of carbonyl (C=O) groups is 2. The molecule has 0 radical (unpaired) electrons. The highest BCUT2D eigenvalue weighted by Crippen LogP contribution is 2.21. The van der Waals surface area contributed by atoms with E-state index >= 15 is 0 Å². The van der Waals surface area contributed by atoms with Gasteiger partial charge < -0.3 is 10.6 Å². The number of hydrogen-bond acceptors (Lipinski definition) is 5. The third kappa shape index (κ3) is 3.55. The van der Waals surface area contributed by atoms with Crippen molar-refractivity contribution in [3.8, 4) is 0 Å². The van der Waals surface area contributed by atoms with Crippen LogP contribution in [0.5, 0.6) is 0 Å². The van der Waals surface area contributed by atoms with E-state index < -0.39 is 0 Å². The molecule has 1 atom stereocenters. The summed E-state index contributed by atoms with van der Waals surface area (Å²) < 4.78 is 0. The maximum atomic E-state index is 11.6. The number of nitrogens with zero attached hydrogens (tertiary/aromatic N) is 3. The lowest BCUT2D eigenvalue weighted by molar-refractivity contribution is -0.125. The quantitative estimate of drug-likeness (QED) is 0.762. The number of piperazine rings is 1. The van der Waals surface area contributed by atoms with Crippen molar-refractivity contribution in [2.24, 2.45) is 0 Å². The molecular formula is C14H20ClN5O2. The van der Waals surface area contributed by atoms with Crippen LogP contribution in [0.15, 0.2) is 24.5 Å². The van der Waals surface area contributed by atoms with Gasteiger partial charge in [-0.2, -0.15) is 0 Å². The molecule has 0 saturated carbocycles. The Morgan fingerprint density at radius 2 is 2.18 bits per heavy atom. The molecule has 2 N–H and O–H groups in total. The number of hydrogen-bond donors (Lipinski definition) is 2. The van der Waals surface area contributed by atoms with Gasteiger partial charge in [-0.1, -0.05) is 6.07 Å². The number of halogens is 1. The zero-order chi connectivity index (χ0) is 14.7. The zero-order valence-corrected chi connectivity index (χ0v) is 13.0. The first-order valence-corrected chi connectivity index (χ1v) is 7.18. The van der Waals surface area contributed by atoms with Crippen LogP contribution < -0.4 is 10.6 Å². The average Bonchev–Trinajstić information content (AvgIpc) is 2.85. The van der Waals surface area contributed by atoms with E-state index in [9.17, 15) is 9.59 Å². The minimum atomic E-state index is -0.284. The summed E-state index contributed by atoms with van der Waals surface area (Å²) in [5.41, 5.74) is 1.15. The van der Waals surface area contributed by atoms with Gasteiger partial charge in [-0.25, -0.2) is 4.79 Å². The maximum absolute atomic E-state index is 11.6. The molecule has 2 aliphatic rings. The number of aromatic nitrogens is 1. The lowest BCUT2D eigenvalue weighted by Crippen LogP contribution is -2.49. The molecule has 1 unspecified atom stereocenters. The molecule has 8 heteroatoms. The van der Waals surface area contributed by atoms with Gasteiger partial charge in [0, 0.05) is 51.2 Å². The lowest BCUT2D eigenvalue weighted by Gasteiger charge is -2.36. The van der Waals surface area contributed by atoms with E-state index in [0.29, 0.717) is 13.1 Å². The first kappa shape index (κ1) is 16.7. The molecule has 22 heavy (non-hydrogen) atoms. The minimum absolute atomic E-state index is 0. The summed E-state index contributed by atoms with van der Waals surface area (Å²) in [6.07, 6.45) is 3.63. The minimum Gasteiger partial charge on any atom is -0.329 e. The molecule has 120 valence electrons. The fourth-order valence-corrected chi connectivity index (χ4v) is 2.83. The largest absolute Gasteiger partial charge is 0.329 e. The Bertz CT molecular complexity index is 511. The van der Waals surface area contributed by atoms with E-state index in [-0.39, 0.29) is 36.9 Å². The highest BCUT2D eigenvalue weighted by molar-refractivity contribution is 6.01. The number of rotatable bonds is 4. The Morgan fingerprint density at radius 3 is 2.86 bits per heavy atom. The molecule has 1 aromatic rings. The van der Waals surface area contributed by atoms with Crippen molar-refractivity contribution in [2.45, 2.75) is 6.04 Å². The summed E-state index contributed by atoms with van der Waals surface area (Å²) in [5, 5.41) is 5.93. The topological polar surface area (TPSA) is 77.6 Å². The molecule has 3 heterocycles. The predicted octanol–water partition coefficient (Wildman–Crippen LogP) is 0.00150. The SMILES string of the molecule is Cl.O=C1CNC(=O)N1CCN1CCNCC1c1cccnc1. The van der Waals surface area contributed by atoms with Gasteiger partial charge in [0.2, 0.25) is 5.91 Å². The van der Waals surface area contributed by atoms with Gasteiger partial charge in [0.05, 0.1) is 6.54 Å². The number of amides is 3. The van der Waals surface area contributed by atoms with Gasteiger partial charge in [-0.15, -0.1) is 12.4 Å². The molecule has 2 aliphatic heterocycles. The summed E-state index contributed by atoms with van der Waals surface area (Å²) in [4.78, 5) is 30.9. The number of carbonyl (C=O) groups excluding carboxylic acids is 2. The molecule has 3 rings (SSSR count). The maximum Gasteiger partial charge on any atom is 0.324 e. The number of urea groups is 1. The van der Waals surface area contributed by atoms with Gasteiger partial charge in [0.15, 0.2) is 0 Å². The first-order valence-electron chi connectivity index (χ1n) is 7.18. The number of nitrogens with one attached hydrogen (secondary N) is 2. The molecular weight excluding hydrogens is 306 g/mol. The van der Waals surface area contributed by atoms with Crippen LogP contribution in [-0.4, -0.2) is 66.0 Å². The zero-order valence-electron chi connectivity index (χ0n) is 12.2. The highest BCUT2D eigenvalue weighted by atomic mass is 35.5. The van der Waals surface area contributed by atoms with Gasteiger partial charge in [-0.3, -0.25) is 19.6 Å². The van der Waals surface area contributed by atoms with E-state index in [4.69, 9.17) is 0 Å². The Hall–Kier alpha value is -1.70. The number of imide groups is 1. The summed E-state index contributed by atoms with van der Waals surface area (Å²) in [6, 6.07) is 3.94. The van der Waals surface area contributed by atoms with Crippen LogP contribution in [0.3, 0.4) is 0 Å². The molecule has 0 aromatic carbocycles. The fourth-order valence-electron chi connectivity index (χ4n) is 2.83. The molecule has 0 spiro atoms. The van der Waals surface area contributed by atoms with Crippen LogP contribution in [0.4, 0.5) is 4.79 Å². The van der Waals surface area contributed by atoms with E-state index in [1.165, 1.54) is 4.90 Å². The summed E-state index contributed by atoms with van der Waals surface area (Å²) >= 11 is 0. The van der Waals surface area contributed by atoms with E-state index in [2.05, 4.69) is 26.6 Å². The van der Waals surface area contributed by atoms with Crippen LogP contribution in [0, 0.1) is 0 Å². The first-order chi connectivity index (χ1) is 10.3. The average molecular weight is 326 g/mol. The van der Waals surface area contributed by atoms with Crippen LogP contribution in [-0.2, 0) is 4.79 Å². The van der Waals surface area contributed by atoms with Crippen LogP contribution >= 0.6 is 12.4 Å². The Kier molecular flexibility index (Phi) is 5.70. The molecule has 3 amide bonds. The van der Waals surface area contributed by atoms with E-state index in [1.54, 1.807) is 6.20 Å². The summed E-state index contributed by atoms with van der Waals surface area (Å²) in [6.45, 7) is 3.89. The van der Waals surface area contributed by atoms with Crippen LogP contribution in [0.1, 0.15) is 11.6 Å². The molecule has 2 saturated heterocycles. The van der Waals surface area contributed by atoms with Crippen molar-refractivity contribution in [1.82, 2.24) is 25.4 Å². The van der Waals surface area contributed by atoms with Gasteiger partial charge >= 0.3 is 6.03 Å². The Labute approximate surface area is 135 Å². The highest BCUT2D eigenvalue weighted by Gasteiger charge is 2.30. The second kappa shape index (κ2) is 7.53. The van der Waals surface area contributed by atoms with Crippen molar-refractivity contribution >= 4 is 24.3 Å². The standard InChI is InChI=1S/C14H19N5O2.ClH/c20-13-10-17-14(21)19(13)7-6-18-5-4-16-9-12(18)11-2-1-3-15-8-11;/h1-3,8,12,16H,4-7,9-10H2,(H,17,21);1H. The molecule has 0 bridgehead atoms. The van der Waals surface area contributed by atoms with Gasteiger partial charge in [0.1, 0.15) is 0 Å². The second-order valence-corrected chi connectivity index (χ2v) is 5.25. The van der Waals surface area contributed by atoms with Crippen LogP contribution in [0.25, 0.3) is 0 Å². The third-order valence-corrected chi connectivity index (χ3v) is 3.97. The second-order valence-electron chi connectivity index (χ2n) is 5.25. The van der Waals surface area contributed by atoms with Gasteiger partial charge in [0.25, 0.3) is 0 Å². The predicted molar refractivity (Wildman–Crippen MR) is 83.8 cm³/mol. The van der Waals surface area contributed by atoms with Gasteiger partial charge in [-0.05, 0) is 11.6 Å². The van der Waals surface area contributed by atoms with Crippen molar-refractivity contribution in [2.75, 3.05) is 39.3 Å². The lowest BCUT2D eigenvalue weighted by atomic mass is 10.1. The van der Waals surface area contributed by atoms with Crippen molar-refractivity contribution < 1.29 is 9.59 Å². The summed E-state index contributed by atoms with van der Waals surface area (Å²) in [7, 11) is 0. The fraction of sp³-hybridized carbons (Fsp3) is 0.500. The number of pyridine rings is 1. The monoisotopic (exact) mass is 325 g/mol. The molecule has 1 aromatic heterocycles. The summed E-state index contributed by atoms with van der Waals surface area (Å²) in [5.74, 6) is -0.145. The smallest absolute Gasteiger partial charge is 0.324 e. The van der Waals surface area contributed by atoms with Crippen molar-refractivity contribution in [3.05, 3.63) is 30.1 Å². The van der Waals surface area contributed by atoms with Crippen molar-refractivity contribution in [1.29, 1.82) is 0 Å². The van der Waals surface area contributed by atoms with Crippen LogP contribution in [0.2, 0.25) is 0 Å². The molecule has 0 aliphatic carbocycles. The van der Waals surface area contributed by atoms with E-state index in [0.717, 1.165) is 25.2 Å². The van der Waals surface area contributed by atoms with Crippen molar-refractivity contribution in [3.63, 3.8) is 0 Å². The third-order valence-electron chi connectivity index (χ3n) is 3.97. The normalized spacial score (nSPS) is 22.4. The molecule has 2 fully saturated rings.